The van der Waals surface area contributed by atoms with E-state index in [1.54, 1.807) is 6.07 Å². The van der Waals surface area contributed by atoms with Crippen LogP contribution in [0.15, 0.2) is 86.7 Å². The third-order valence-electron chi connectivity index (χ3n) is 16.1. The van der Waals surface area contributed by atoms with Gasteiger partial charge in [-0.3, -0.25) is 63.1 Å². The van der Waals surface area contributed by atoms with Crippen molar-refractivity contribution in [1.29, 1.82) is 0 Å². The second-order valence-electron chi connectivity index (χ2n) is 24.0. The Labute approximate surface area is 586 Å². The van der Waals surface area contributed by atoms with Gasteiger partial charge in [-0.2, -0.15) is 0 Å². The number of hydrogen-bond donors (Lipinski definition) is 20. The predicted octanol–water partition coefficient (Wildman–Crippen LogP) is -4.65. The Balaban J connectivity index is 1.61. The number of carboxylic acids is 1. The zero-order valence-corrected chi connectivity index (χ0v) is 57.3. The van der Waals surface area contributed by atoms with Gasteiger partial charge >= 0.3 is 5.97 Å². The van der Waals surface area contributed by atoms with Crippen molar-refractivity contribution in [3.63, 3.8) is 0 Å². The molecule has 0 bridgehead atoms. The number of nitrogens with zero attached hydrogens (tertiary/aromatic N) is 5. The lowest BCUT2D eigenvalue weighted by Gasteiger charge is -2.31. The first kappa shape index (κ1) is 80.8. The molecule has 5 rings (SSSR count). The van der Waals surface area contributed by atoms with Crippen LogP contribution in [0.25, 0.3) is 10.8 Å². The molecule has 0 spiro atoms. The minimum absolute atomic E-state index is 0.00522. The molecule has 0 saturated carbocycles. The van der Waals surface area contributed by atoms with Crippen LogP contribution in [0.3, 0.4) is 0 Å². The maximum Gasteiger partial charge on any atom is 0.326 e. The van der Waals surface area contributed by atoms with Crippen LogP contribution < -0.4 is 99.9 Å². The number of aliphatic carboxylic acids is 1. The maximum absolute atomic E-state index is 15.3. The minimum Gasteiger partial charge on any atom is -0.508 e. The number of amides is 9. The second-order valence-corrected chi connectivity index (χ2v) is 26.6. The number of carbonyl (C=O) groups is 10. The first-order valence-corrected chi connectivity index (χ1v) is 35.4. The molecule has 2 aliphatic heterocycles. The number of carbonyl (C=O) groups excluding carboxylic acids is 9. The van der Waals surface area contributed by atoms with Gasteiger partial charge in [0.2, 0.25) is 53.2 Å². The number of rotatable bonds is 33. The van der Waals surface area contributed by atoms with E-state index in [4.69, 9.17) is 57.3 Å². The lowest BCUT2D eigenvalue weighted by molar-refractivity contribution is -0.143. The van der Waals surface area contributed by atoms with Crippen molar-refractivity contribution in [3.8, 4) is 5.75 Å². The van der Waals surface area contributed by atoms with E-state index in [0.717, 1.165) is 32.4 Å². The fraction of sp³-hybridized carbons (Fsp3) is 0.524. The minimum atomic E-state index is -1.64. The van der Waals surface area contributed by atoms with Crippen molar-refractivity contribution in [2.45, 2.75) is 157 Å². The molecule has 2 heterocycles. The van der Waals surface area contributed by atoms with Crippen molar-refractivity contribution < 1.29 is 58.2 Å². The molecule has 3 aromatic carbocycles. The molecule has 35 nitrogen and oxygen atoms in total. The molecular formula is C63H97N23O12S2. The molecule has 0 aromatic heterocycles. The SMILES string of the molecule is NCCCC[C@H]1NC(=O)[C@H](Cc2ccc(O)cc2)NC(=O)[C@@H](NC(=O)[C@H](CCCN=C(N)N)NC(=O)[C@H](Cc2ccc3ccccc3c2)NC(=O)[C@@H](N)CCCN=C(N)N)CSSC[C@@H](C(=O)N[C@@H](CCCN=C(N)N)C(=O)O)NC(=O)[C@H](CCCN=C(N)N)NC(=O)[C@@H]2CCCN2C1=O. The summed E-state index contributed by atoms with van der Waals surface area (Å²) in [6, 6.07) is 4.47. The van der Waals surface area contributed by atoms with Crippen molar-refractivity contribution in [1.82, 2.24) is 47.4 Å². The summed E-state index contributed by atoms with van der Waals surface area (Å²) in [7, 11) is 1.80. The van der Waals surface area contributed by atoms with Crippen LogP contribution in [0.5, 0.6) is 5.75 Å². The van der Waals surface area contributed by atoms with Crippen LogP contribution in [0.1, 0.15) is 94.6 Å². The number of phenolic OH excluding ortho intramolecular Hbond substituents is 1. The Bertz CT molecular complexity index is 3390. The summed E-state index contributed by atoms with van der Waals surface area (Å²) in [6.45, 7) is 0.431. The van der Waals surface area contributed by atoms with Gasteiger partial charge in [0.1, 0.15) is 60.1 Å². The quantitative estimate of drug-likeness (QED) is 0.0118. The summed E-state index contributed by atoms with van der Waals surface area (Å²) in [5.41, 5.74) is 57.7. The third kappa shape index (κ3) is 28.2. The number of aliphatic imine (C=N–C) groups is 4. The summed E-state index contributed by atoms with van der Waals surface area (Å²) in [5, 5.41) is 44.0. The summed E-state index contributed by atoms with van der Waals surface area (Å²) < 4.78 is 0. The fourth-order valence-corrected chi connectivity index (χ4v) is 13.2. The number of hydrogen-bond acceptors (Lipinski definition) is 19. The Morgan fingerprint density at radius 3 is 1.75 bits per heavy atom. The molecule has 9 amide bonds. The van der Waals surface area contributed by atoms with E-state index in [1.165, 1.54) is 29.2 Å². The van der Waals surface area contributed by atoms with Gasteiger partial charge in [-0.25, -0.2) is 4.79 Å². The van der Waals surface area contributed by atoms with E-state index in [0.29, 0.717) is 36.8 Å². The molecule has 0 radical (unpaired) electrons. The first-order valence-electron chi connectivity index (χ1n) is 32.9. The predicted molar refractivity (Wildman–Crippen MR) is 383 cm³/mol. The van der Waals surface area contributed by atoms with E-state index in [1.807, 2.05) is 36.4 Å². The highest BCUT2D eigenvalue weighted by molar-refractivity contribution is 8.76. The normalized spacial score (nSPS) is 19.8. The standard InChI is InChI=1S/C63H97N23O12S2/c64-24-4-3-13-43-58(96)86-29-9-17-49(86)57(95)79-42(15-7-27-76-62(70)71)52(90)84-47(55(93)81-44(59(97)98)16-8-28-77-63(72)73)33-99-100-34-48(56(94)83-45(54(92)80-43)31-35-19-22-39(87)23-20-35)85-51(89)41(14-6-26-75-61(68)69)78-53(91)46(82-50(88)40(65)12-5-25-74-60(66)67)32-36-18-21-37-10-1-2-11-38(37)30-36/h1-2,10-11,18-23,30,40-49,87H,3-9,12-17,24-29,31-34,64-65H2,(H,78,91)(H,79,95)(H,80,92)(H,81,93)(H,82,88)(H,83,94)(H,84,90)(H,85,89)(H,97,98)(H4,66,67,74)(H4,68,69,75)(H4,70,71,76)(H4,72,73,77)/t40-,41-,42-,43+,44-,45-,46-,47-,48-,49-/m0/s1. The van der Waals surface area contributed by atoms with Gasteiger partial charge < -0.3 is 115 Å². The third-order valence-corrected chi connectivity index (χ3v) is 18.6. The Morgan fingerprint density at radius 2 is 1.12 bits per heavy atom. The lowest BCUT2D eigenvalue weighted by Crippen LogP contribution is -2.61. The molecule has 37 heteroatoms. The average Bonchev–Trinajstić information content (AvgIpc) is 1.44. The molecule has 2 saturated heterocycles. The van der Waals surface area contributed by atoms with Crippen LogP contribution in [0, 0.1) is 0 Å². The number of nitrogens with two attached hydrogens (primary N) is 10. The van der Waals surface area contributed by atoms with Crippen LogP contribution in [0.2, 0.25) is 0 Å². The molecule has 0 aliphatic carbocycles. The fourth-order valence-electron chi connectivity index (χ4n) is 10.9. The van der Waals surface area contributed by atoms with Gasteiger partial charge in [0.25, 0.3) is 0 Å². The zero-order chi connectivity index (χ0) is 73.3. The summed E-state index contributed by atoms with van der Waals surface area (Å²) in [4.78, 5) is 163. The molecule has 10 atom stereocenters. The molecule has 2 aliphatic rings. The summed E-state index contributed by atoms with van der Waals surface area (Å²) in [5.74, 6) is -10.9. The number of nitrogens with one attached hydrogen (secondary N) is 8. The topological polar surface area (TPSA) is 620 Å². The number of benzene rings is 3. The number of fused-ring (bicyclic) bond motifs is 2. The van der Waals surface area contributed by atoms with Crippen molar-refractivity contribution in [2.24, 2.45) is 77.3 Å². The van der Waals surface area contributed by atoms with Crippen LogP contribution in [-0.2, 0) is 60.8 Å². The van der Waals surface area contributed by atoms with Gasteiger partial charge in [0.05, 0.1) is 6.04 Å². The first-order chi connectivity index (χ1) is 47.7. The van der Waals surface area contributed by atoms with Gasteiger partial charge in [0.15, 0.2) is 23.8 Å². The van der Waals surface area contributed by atoms with E-state index in [9.17, 15) is 43.8 Å². The molecule has 100 heavy (non-hydrogen) atoms. The highest BCUT2D eigenvalue weighted by Gasteiger charge is 2.41. The molecule has 30 N–H and O–H groups in total. The van der Waals surface area contributed by atoms with Crippen LogP contribution in [-0.4, -0.2) is 209 Å². The lowest BCUT2D eigenvalue weighted by atomic mass is 10.00. The van der Waals surface area contributed by atoms with Crippen LogP contribution in [0.4, 0.5) is 0 Å². The van der Waals surface area contributed by atoms with E-state index < -0.39 is 125 Å². The molecule has 548 valence electrons. The highest BCUT2D eigenvalue weighted by atomic mass is 33.1. The number of phenols is 1. The Hall–Kier alpha value is -9.88. The number of aromatic hydroxyl groups is 1. The molecular weight excluding hydrogens is 1330 g/mol. The number of carboxylic acid groups (broad SMARTS) is 1. The molecule has 3 aromatic rings. The number of guanidine groups is 4. The largest absolute Gasteiger partial charge is 0.508 e. The van der Waals surface area contributed by atoms with Gasteiger partial charge in [-0.05, 0) is 124 Å². The van der Waals surface area contributed by atoms with E-state index in [2.05, 4.69) is 62.5 Å². The summed E-state index contributed by atoms with van der Waals surface area (Å²) >= 11 is 0. The Kier molecular flexibility index (Phi) is 34.1. The monoisotopic (exact) mass is 1430 g/mol. The van der Waals surface area contributed by atoms with E-state index in [-0.39, 0.29) is 145 Å². The Morgan fingerprint density at radius 1 is 0.570 bits per heavy atom. The summed E-state index contributed by atoms with van der Waals surface area (Å²) in [6.07, 6.45) is 1.13. The van der Waals surface area contributed by atoms with Crippen molar-refractivity contribution >= 4 is 115 Å². The maximum atomic E-state index is 15.3. The average molecular weight is 1430 g/mol. The van der Waals surface area contributed by atoms with Gasteiger partial charge in [0, 0.05) is 57.1 Å². The highest BCUT2D eigenvalue weighted by Crippen LogP contribution is 2.26. The van der Waals surface area contributed by atoms with Crippen molar-refractivity contribution in [2.75, 3.05) is 50.8 Å². The smallest absolute Gasteiger partial charge is 0.326 e. The number of unbranched alkanes of at least 4 members (excludes halogenated alkanes) is 1. The van der Waals surface area contributed by atoms with Gasteiger partial charge in [-0.15, -0.1) is 0 Å². The van der Waals surface area contributed by atoms with Crippen LogP contribution >= 0.6 is 21.6 Å². The molecule has 2 fully saturated rings. The van der Waals surface area contributed by atoms with E-state index >= 15 is 14.4 Å². The van der Waals surface area contributed by atoms with Gasteiger partial charge in [-0.1, -0.05) is 76.2 Å². The molecule has 0 unspecified atom stereocenters. The second kappa shape index (κ2) is 42.2. The van der Waals surface area contributed by atoms with Crippen molar-refractivity contribution in [3.05, 3.63) is 77.9 Å². The zero-order valence-electron chi connectivity index (χ0n) is 55.7.